The van der Waals surface area contributed by atoms with E-state index in [4.69, 9.17) is 9.05 Å². The Hall–Kier alpha value is 0.150. The molecule has 0 amide bonds. The quantitative estimate of drug-likeness (QED) is 0.651. The zero-order valence-corrected chi connectivity index (χ0v) is 10.3. The van der Waals surface area contributed by atoms with Crippen LogP contribution in [0, 0.1) is 11.8 Å². The van der Waals surface area contributed by atoms with Crippen LogP contribution in [-0.4, -0.2) is 19.9 Å². The maximum Gasteiger partial charge on any atom is 0.327 e. The molecule has 0 saturated heterocycles. The van der Waals surface area contributed by atoms with Crippen LogP contribution in [-0.2, 0) is 13.6 Å². The molecule has 0 rings (SSSR count). The summed E-state index contributed by atoms with van der Waals surface area (Å²) in [7, 11) is -1.42. The average Bonchev–Trinajstić information content (AvgIpc) is 1.99. The fourth-order valence-electron chi connectivity index (χ4n) is 1.28. The van der Waals surface area contributed by atoms with Gasteiger partial charge in [0.05, 0.1) is 6.10 Å². The van der Waals surface area contributed by atoms with Crippen LogP contribution < -0.4 is 0 Å². The van der Waals surface area contributed by atoms with Gasteiger partial charge in [-0.1, -0.05) is 27.7 Å². The van der Waals surface area contributed by atoms with Gasteiger partial charge in [-0.2, -0.15) is 0 Å². The molecular weight excluding hydrogens is 187 g/mol. The van der Waals surface area contributed by atoms with Crippen molar-refractivity contribution in [3.63, 3.8) is 0 Å². The van der Waals surface area contributed by atoms with Crippen molar-refractivity contribution in [2.75, 3.05) is 13.8 Å². The summed E-state index contributed by atoms with van der Waals surface area (Å²) in [6, 6.07) is 0. The minimum absolute atomic E-state index is 0.00390. The van der Waals surface area contributed by atoms with Gasteiger partial charge in [-0.3, -0.25) is 4.57 Å². The molecule has 0 bridgehead atoms. The first kappa shape index (κ1) is 13.2. The van der Waals surface area contributed by atoms with E-state index in [2.05, 4.69) is 27.7 Å². The SMILES string of the molecule is COP(C)(=O)OC(C(C)C)C(C)C. The molecule has 0 aliphatic carbocycles. The minimum atomic E-state index is -2.84. The van der Waals surface area contributed by atoms with Crippen molar-refractivity contribution >= 4 is 7.60 Å². The first-order valence-electron chi connectivity index (χ1n) is 4.61. The van der Waals surface area contributed by atoms with Crippen molar-refractivity contribution in [2.45, 2.75) is 33.8 Å². The molecule has 13 heavy (non-hydrogen) atoms. The Morgan fingerprint density at radius 2 is 1.46 bits per heavy atom. The van der Waals surface area contributed by atoms with Crippen LogP contribution in [0.5, 0.6) is 0 Å². The third-order valence-electron chi connectivity index (χ3n) is 1.96. The van der Waals surface area contributed by atoms with Crippen LogP contribution >= 0.6 is 7.60 Å². The standard InChI is InChI=1S/C9H21O3P/c1-7(2)9(8(3)4)12-13(6,10)11-5/h7-9H,1-6H3. The number of rotatable bonds is 5. The lowest BCUT2D eigenvalue weighted by molar-refractivity contribution is 0.0863. The van der Waals surface area contributed by atoms with E-state index in [1.165, 1.54) is 13.8 Å². The smallest absolute Gasteiger partial charge is 0.312 e. The van der Waals surface area contributed by atoms with Crippen LogP contribution in [0.1, 0.15) is 27.7 Å². The number of hydrogen-bond acceptors (Lipinski definition) is 3. The molecule has 4 heteroatoms. The van der Waals surface area contributed by atoms with Gasteiger partial charge in [-0.05, 0) is 11.8 Å². The van der Waals surface area contributed by atoms with E-state index in [1.807, 2.05) is 0 Å². The first-order valence-corrected chi connectivity index (χ1v) is 6.60. The van der Waals surface area contributed by atoms with E-state index in [9.17, 15) is 4.57 Å². The van der Waals surface area contributed by atoms with Gasteiger partial charge in [0.25, 0.3) is 0 Å². The van der Waals surface area contributed by atoms with Gasteiger partial charge in [-0.25, -0.2) is 0 Å². The summed E-state index contributed by atoms with van der Waals surface area (Å²) in [6.45, 7) is 9.73. The summed E-state index contributed by atoms with van der Waals surface area (Å²) in [5, 5.41) is 0. The molecule has 0 aromatic heterocycles. The van der Waals surface area contributed by atoms with E-state index in [0.717, 1.165) is 0 Å². The topological polar surface area (TPSA) is 35.5 Å². The number of hydrogen-bond donors (Lipinski definition) is 0. The zero-order chi connectivity index (χ0) is 10.6. The second-order valence-electron chi connectivity index (χ2n) is 4.01. The Morgan fingerprint density at radius 1 is 1.08 bits per heavy atom. The maximum atomic E-state index is 11.6. The summed E-state index contributed by atoms with van der Waals surface area (Å²) in [5.74, 6) is 0.701. The summed E-state index contributed by atoms with van der Waals surface area (Å²) < 4.78 is 21.8. The molecule has 3 nitrogen and oxygen atoms in total. The fourth-order valence-corrected chi connectivity index (χ4v) is 2.29. The van der Waals surface area contributed by atoms with Gasteiger partial charge in [0.2, 0.25) is 0 Å². The predicted molar refractivity (Wildman–Crippen MR) is 55.1 cm³/mol. The van der Waals surface area contributed by atoms with E-state index in [-0.39, 0.29) is 6.10 Å². The van der Waals surface area contributed by atoms with E-state index in [0.29, 0.717) is 11.8 Å². The molecule has 0 heterocycles. The van der Waals surface area contributed by atoms with Crippen LogP contribution in [0.2, 0.25) is 0 Å². The fraction of sp³-hybridized carbons (Fsp3) is 1.00. The monoisotopic (exact) mass is 208 g/mol. The highest BCUT2D eigenvalue weighted by Crippen LogP contribution is 2.46. The Balaban J connectivity index is 4.35. The van der Waals surface area contributed by atoms with Crippen LogP contribution in [0.3, 0.4) is 0 Å². The lowest BCUT2D eigenvalue weighted by Crippen LogP contribution is -2.24. The van der Waals surface area contributed by atoms with E-state index >= 15 is 0 Å². The summed E-state index contributed by atoms with van der Waals surface area (Å²) >= 11 is 0. The van der Waals surface area contributed by atoms with Crippen LogP contribution in [0.15, 0.2) is 0 Å². The van der Waals surface area contributed by atoms with Crippen LogP contribution in [0.25, 0.3) is 0 Å². The molecular formula is C9H21O3P. The molecule has 0 fully saturated rings. The third kappa shape index (κ3) is 4.80. The summed E-state index contributed by atoms with van der Waals surface area (Å²) in [4.78, 5) is 0. The van der Waals surface area contributed by atoms with Gasteiger partial charge in [0.15, 0.2) is 0 Å². The molecule has 0 aromatic rings. The minimum Gasteiger partial charge on any atom is -0.312 e. The zero-order valence-electron chi connectivity index (χ0n) is 9.40. The molecule has 80 valence electrons. The average molecular weight is 208 g/mol. The highest BCUT2D eigenvalue weighted by atomic mass is 31.2. The second-order valence-corrected chi connectivity index (χ2v) is 6.13. The van der Waals surface area contributed by atoms with Crippen LogP contribution in [0.4, 0.5) is 0 Å². The molecule has 0 saturated carbocycles. The maximum absolute atomic E-state index is 11.6. The van der Waals surface area contributed by atoms with E-state index in [1.54, 1.807) is 0 Å². The van der Waals surface area contributed by atoms with Crippen molar-refractivity contribution in [2.24, 2.45) is 11.8 Å². The van der Waals surface area contributed by atoms with Crippen molar-refractivity contribution in [1.82, 2.24) is 0 Å². The summed E-state index contributed by atoms with van der Waals surface area (Å²) in [5.41, 5.74) is 0. The largest absolute Gasteiger partial charge is 0.327 e. The molecule has 0 radical (unpaired) electrons. The van der Waals surface area contributed by atoms with Crippen molar-refractivity contribution < 1.29 is 13.6 Å². The Morgan fingerprint density at radius 3 is 1.69 bits per heavy atom. The molecule has 0 aliphatic heterocycles. The lowest BCUT2D eigenvalue weighted by atomic mass is 9.97. The Labute approximate surface area is 81.3 Å². The van der Waals surface area contributed by atoms with Gasteiger partial charge in [-0.15, -0.1) is 0 Å². The summed E-state index contributed by atoms with van der Waals surface area (Å²) in [6.07, 6.45) is -0.00390. The molecule has 0 aliphatic rings. The molecule has 1 atom stereocenters. The van der Waals surface area contributed by atoms with E-state index < -0.39 is 7.60 Å². The van der Waals surface area contributed by atoms with Gasteiger partial charge >= 0.3 is 7.60 Å². The second kappa shape index (κ2) is 5.14. The van der Waals surface area contributed by atoms with Crippen molar-refractivity contribution in [1.29, 1.82) is 0 Å². The van der Waals surface area contributed by atoms with Gasteiger partial charge in [0.1, 0.15) is 0 Å². The third-order valence-corrected chi connectivity index (χ3v) is 3.25. The van der Waals surface area contributed by atoms with Crippen molar-refractivity contribution in [3.8, 4) is 0 Å². The van der Waals surface area contributed by atoms with Gasteiger partial charge < -0.3 is 9.05 Å². The highest BCUT2D eigenvalue weighted by Gasteiger charge is 2.26. The molecule has 1 unspecified atom stereocenters. The molecule has 0 N–H and O–H groups in total. The molecule has 0 aromatic carbocycles. The van der Waals surface area contributed by atoms with Crippen molar-refractivity contribution in [3.05, 3.63) is 0 Å². The lowest BCUT2D eigenvalue weighted by Gasteiger charge is -2.27. The normalized spacial score (nSPS) is 17.0. The Bertz CT molecular complexity index is 181. The Kier molecular flexibility index (Phi) is 5.19. The first-order chi connectivity index (χ1) is 5.80. The predicted octanol–water partition coefficient (Wildman–Crippen LogP) is 3.15. The molecule has 0 spiro atoms. The highest BCUT2D eigenvalue weighted by molar-refractivity contribution is 7.52. The van der Waals surface area contributed by atoms with Gasteiger partial charge in [0, 0.05) is 13.8 Å².